The summed E-state index contributed by atoms with van der Waals surface area (Å²) in [6.07, 6.45) is 0.179. The molecule has 0 rings (SSSR count). The first-order valence-electron chi connectivity index (χ1n) is 2.77. The zero-order valence-corrected chi connectivity index (χ0v) is 6.30. The van der Waals surface area contributed by atoms with Gasteiger partial charge in [-0.2, -0.15) is 12.6 Å². The second-order valence-corrected chi connectivity index (χ2v) is 2.72. The van der Waals surface area contributed by atoms with Gasteiger partial charge in [0.05, 0.1) is 0 Å². The standard InChI is InChI=1S/C5H10N2O2S/c6-4(8)1-3(10)2-5(7)9/h3,10H,1-2H2,(H2,6,8)(H2,7,9). The molecule has 0 atom stereocenters. The average molecular weight is 162 g/mol. The zero-order valence-electron chi connectivity index (χ0n) is 5.41. The Bertz CT molecular complexity index is 133. The third-order valence-electron chi connectivity index (χ3n) is 0.874. The normalized spacial score (nSPS) is 9.80. The molecule has 0 spiro atoms. The smallest absolute Gasteiger partial charge is 0.218 e. The zero-order chi connectivity index (χ0) is 8.15. The number of hydrogen-bond donors (Lipinski definition) is 3. The SMILES string of the molecule is NC(=O)CC(S)CC(N)=O. The third-order valence-corrected chi connectivity index (χ3v) is 1.24. The van der Waals surface area contributed by atoms with Crippen LogP contribution in [0, 0.1) is 0 Å². The highest BCUT2D eigenvalue weighted by Gasteiger charge is 2.08. The second kappa shape index (κ2) is 4.16. The number of amides is 2. The van der Waals surface area contributed by atoms with Crippen LogP contribution in [0.1, 0.15) is 12.8 Å². The van der Waals surface area contributed by atoms with E-state index in [4.69, 9.17) is 11.5 Å². The van der Waals surface area contributed by atoms with E-state index in [1.165, 1.54) is 0 Å². The van der Waals surface area contributed by atoms with Crippen LogP contribution in [0.2, 0.25) is 0 Å². The summed E-state index contributed by atoms with van der Waals surface area (Å²) in [6.45, 7) is 0. The lowest BCUT2D eigenvalue weighted by Crippen LogP contribution is -2.22. The molecule has 4 N–H and O–H groups in total. The molecule has 4 nitrogen and oxygen atoms in total. The summed E-state index contributed by atoms with van der Waals surface area (Å²) >= 11 is 3.91. The van der Waals surface area contributed by atoms with E-state index in [0.717, 1.165) is 0 Å². The minimum Gasteiger partial charge on any atom is -0.370 e. The summed E-state index contributed by atoms with van der Waals surface area (Å²) in [5, 5.41) is -0.338. The Kier molecular flexibility index (Phi) is 3.87. The van der Waals surface area contributed by atoms with Crippen LogP contribution in [0.15, 0.2) is 0 Å². The van der Waals surface area contributed by atoms with Gasteiger partial charge in [0.15, 0.2) is 0 Å². The van der Waals surface area contributed by atoms with E-state index >= 15 is 0 Å². The van der Waals surface area contributed by atoms with Gasteiger partial charge in [0.2, 0.25) is 11.8 Å². The third kappa shape index (κ3) is 5.43. The predicted molar refractivity (Wildman–Crippen MR) is 40.4 cm³/mol. The number of rotatable bonds is 4. The quantitative estimate of drug-likeness (QED) is 0.465. The van der Waals surface area contributed by atoms with Crippen LogP contribution in [0.25, 0.3) is 0 Å². The Morgan fingerprint density at radius 3 is 1.70 bits per heavy atom. The highest BCUT2D eigenvalue weighted by molar-refractivity contribution is 7.81. The van der Waals surface area contributed by atoms with Gasteiger partial charge in [0, 0.05) is 18.1 Å². The minimum absolute atomic E-state index is 0.0893. The van der Waals surface area contributed by atoms with Crippen LogP contribution in [-0.4, -0.2) is 17.1 Å². The van der Waals surface area contributed by atoms with Gasteiger partial charge >= 0.3 is 0 Å². The monoisotopic (exact) mass is 162 g/mol. The molecule has 0 radical (unpaired) electrons. The molecule has 0 unspecified atom stereocenters. The van der Waals surface area contributed by atoms with Gasteiger partial charge in [0.25, 0.3) is 0 Å². The fraction of sp³-hybridized carbons (Fsp3) is 0.600. The molecule has 0 bridgehead atoms. The van der Waals surface area contributed by atoms with Gasteiger partial charge in [-0.05, 0) is 0 Å². The van der Waals surface area contributed by atoms with E-state index < -0.39 is 11.8 Å². The highest BCUT2D eigenvalue weighted by atomic mass is 32.1. The van der Waals surface area contributed by atoms with Gasteiger partial charge in [-0.15, -0.1) is 0 Å². The lowest BCUT2D eigenvalue weighted by molar-refractivity contribution is -0.119. The Morgan fingerprint density at radius 1 is 1.20 bits per heavy atom. The number of primary amides is 2. The van der Waals surface area contributed by atoms with Crippen LogP contribution in [0.4, 0.5) is 0 Å². The van der Waals surface area contributed by atoms with Crippen LogP contribution >= 0.6 is 12.6 Å². The van der Waals surface area contributed by atoms with Crippen molar-refractivity contribution in [3.05, 3.63) is 0 Å². The van der Waals surface area contributed by atoms with Crippen LogP contribution in [0.3, 0.4) is 0 Å². The summed E-state index contributed by atoms with van der Waals surface area (Å²) in [5.41, 5.74) is 9.66. The van der Waals surface area contributed by atoms with E-state index in [-0.39, 0.29) is 18.1 Å². The lowest BCUT2D eigenvalue weighted by Gasteiger charge is -2.03. The van der Waals surface area contributed by atoms with Gasteiger partial charge in [-0.3, -0.25) is 9.59 Å². The first-order valence-corrected chi connectivity index (χ1v) is 3.28. The van der Waals surface area contributed by atoms with Gasteiger partial charge in [-0.25, -0.2) is 0 Å². The summed E-state index contributed by atoms with van der Waals surface area (Å²) in [4.78, 5) is 20.4. The molecule has 0 aromatic rings. The molecule has 0 heterocycles. The molecule has 5 heteroatoms. The summed E-state index contributed by atoms with van der Waals surface area (Å²) in [6, 6.07) is 0. The van der Waals surface area contributed by atoms with Crippen molar-refractivity contribution in [2.45, 2.75) is 18.1 Å². The fourth-order valence-corrected chi connectivity index (χ4v) is 0.897. The molecule has 0 aromatic heterocycles. The molecule has 0 saturated carbocycles. The van der Waals surface area contributed by atoms with Crippen molar-refractivity contribution in [3.8, 4) is 0 Å². The molecule has 0 aromatic carbocycles. The molecular weight excluding hydrogens is 152 g/mol. The molecule has 0 fully saturated rings. The van der Waals surface area contributed by atoms with Crippen LogP contribution < -0.4 is 11.5 Å². The van der Waals surface area contributed by atoms with Crippen molar-refractivity contribution in [3.63, 3.8) is 0 Å². The number of carbonyl (C=O) groups is 2. The Morgan fingerprint density at radius 2 is 1.50 bits per heavy atom. The summed E-state index contributed by atoms with van der Waals surface area (Å²) in [5.74, 6) is -0.942. The van der Waals surface area contributed by atoms with Crippen LogP contribution in [0.5, 0.6) is 0 Å². The van der Waals surface area contributed by atoms with Crippen molar-refractivity contribution in [2.24, 2.45) is 11.5 Å². The van der Waals surface area contributed by atoms with E-state index in [9.17, 15) is 9.59 Å². The highest BCUT2D eigenvalue weighted by Crippen LogP contribution is 2.04. The minimum atomic E-state index is -0.471. The Balaban J connectivity index is 3.53. The first-order chi connectivity index (χ1) is 4.52. The molecule has 0 aliphatic carbocycles. The van der Waals surface area contributed by atoms with Crippen molar-refractivity contribution in [2.75, 3.05) is 0 Å². The average Bonchev–Trinajstić information content (AvgIpc) is 1.58. The molecule has 0 aliphatic rings. The van der Waals surface area contributed by atoms with Gasteiger partial charge < -0.3 is 11.5 Å². The first kappa shape index (κ1) is 9.29. The van der Waals surface area contributed by atoms with E-state index in [1.54, 1.807) is 0 Å². The lowest BCUT2D eigenvalue weighted by atomic mass is 10.2. The van der Waals surface area contributed by atoms with E-state index in [2.05, 4.69) is 12.6 Å². The molecular formula is C5H10N2O2S. The Labute approximate surface area is 64.4 Å². The van der Waals surface area contributed by atoms with Crippen molar-refractivity contribution in [1.29, 1.82) is 0 Å². The molecule has 58 valence electrons. The summed E-state index contributed by atoms with van der Waals surface area (Å²) in [7, 11) is 0. The van der Waals surface area contributed by atoms with E-state index in [1.807, 2.05) is 0 Å². The molecule has 2 amide bonds. The van der Waals surface area contributed by atoms with Gasteiger partial charge in [-0.1, -0.05) is 0 Å². The maximum atomic E-state index is 10.2. The maximum Gasteiger partial charge on any atom is 0.218 e. The summed E-state index contributed by atoms with van der Waals surface area (Å²) < 4.78 is 0. The van der Waals surface area contributed by atoms with Gasteiger partial charge in [0.1, 0.15) is 0 Å². The van der Waals surface area contributed by atoms with Crippen molar-refractivity contribution >= 4 is 24.4 Å². The van der Waals surface area contributed by atoms with Crippen LogP contribution in [-0.2, 0) is 9.59 Å². The van der Waals surface area contributed by atoms with Crippen molar-refractivity contribution in [1.82, 2.24) is 0 Å². The maximum absolute atomic E-state index is 10.2. The van der Waals surface area contributed by atoms with E-state index in [0.29, 0.717) is 0 Å². The fourth-order valence-electron chi connectivity index (χ4n) is 0.537. The number of hydrogen-bond acceptors (Lipinski definition) is 3. The number of nitrogens with two attached hydrogens (primary N) is 2. The number of thiol groups is 1. The molecule has 10 heavy (non-hydrogen) atoms. The van der Waals surface area contributed by atoms with Crippen molar-refractivity contribution < 1.29 is 9.59 Å². The molecule has 0 saturated heterocycles. The molecule has 0 aliphatic heterocycles. The second-order valence-electron chi connectivity index (χ2n) is 1.99. The Hall–Kier alpha value is -0.710. The largest absolute Gasteiger partial charge is 0.370 e. The number of carbonyl (C=O) groups excluding carboxylic acids is 2. The predicted octanol–water partition coefficient (Wildman–Crippen LogP) is -0.964. The topological polar surface area (TPSA) is 86.2 Å².